The summed E-state index contributed by atoms with van der Waals surface area (Å²) in [6.45, 7) is 6.58. The van der Waals surface area contributed by atoms with E-state index in [-0.39, 0.29) is 5.82 Å². The quantitative estimate of drug-likeness (QED) is 0.800. The van der Waals surface area contributed by atoms with Crippen molar-refractivity contribution in [3.8, 4) is 0 Å². The second-order valence-electron chi connectivity index (χ2n) is 4.76. The van der Waals surface area contributed by atoms with Crippen LogP contribution in [0.15, 0.2) is 46.9 Å². The molecule has 0 aliphatic heterocycles. The molecule has 0 aliphatic carbocycles. The molecule has 0 saturated carbocycles. The summed E-state index contributed by atoms with van der Waals surface area (Å²) in [5.74, 6) is -0.206. The van der Waals surface area contributed by atoms with E-state index in [4.69, 9.17) is 0 Å². The van der Waals surface area contributed by atoms with Crippen molar-refractivity contribution in [2.24, 2.45) is 0 Å². The molecule has 0 bridgehead atoms. The molecule has 0 aliphatic rings. The van der Waals surface area contributed by atoms with Crippen LogP contribution in [-0.2, 0) is 6.54 Å². The van der Waals surface area contributed by atoms with Crippen LogP contribution in [0.25, 0.3) is 0 Å². The monoisotopic (exact) mass is 350 g/mol. The van der Waals surface area contributed by atoms with Gasteiger partial charge in [0.25, 0.3) is 0 Å². The molecule has 112 valence electrons. The predicted octanol–water partition coefficient (Wildman–Crippen LogP) is 4.86. The zero-order chi connectivity index (χ0) is 15.2. The van der Waals surface area contributed by atoms with Gasteiger partial charge in [-0.15, -0.1) is 0 Å². The number of nitrogens with one attached hydrogen (secondary N) is 1. The fourth-order valence-corrected chi connectivity index (χ4v) is 2.93. The topological polar surface area (TPSA) is 15.3 Å². The third-order valence-electron chi connectivity index (χ3n) is 3.34. The highest BCUT2D eigenvalue weighted by Gasteiger charge is 2.14. The lowest BCUT2D eigenvalue weighted by atomic mass is 10.1. The van der Waals surface area contributed by atoms with E-state index < -0.39 is 0 Å². The van der Waals surface area contributed by atoms with Gasteiger partial charge < -0.3 is 10.2 Å². The Balaban J connectivity index is 2.33. The van der Waals surface area contributed by atoms with Gasteiger partial charge in [-0.1, -0.05) is 25.1 Å². The van der Waals surface area contributed by atoms with Crippen LogP contribution < -0.4 is 10.2 Å². The van der Waals surface area contributed by atoms with Gasteiger partial charge in [-0.2, -0.15) is 0 Å². The van der Waals surface area contributed by atoms with Crippen LogP contribution in [0.5, 0.6) is 0 Å². The number of para-hydroxylation sites is 1. The van der Waals surface area contributed by atoms with Gasteiger partial charge in [0.05, 0.1) is 11.4 Å². The number of anilines is 2. The van der Waals surface area contributed by atoms with Gasteiger partial charge in [0.1, 0.15) is 5.82 Å². The van der Waals surface area contributed by atoms with Crippen molar-refractivity contribution < 1.29 is 4.39 Å². The minimum Gasteiger partial charge on any atom is -0.338 e. The maximum atomic E-state index is 14.0. The molecule has 0 amide bonds. The highest BCUT2D eigenvalue weighted by atomic mass is 79.9. The standard InChI is InChI=1S/C17H20BrFN2/c1-3-20-12-13-9-10-16(14(18)11-13)21(4-2)17-8-6-5-7-15(17)19/h5-11,20H,3-4,12H2,1-2H3. The van der Waals surface area contributed by atoms with Gasteiger partial charge in [0.2, 0.25) is 0 Å². The minimum atomic E-state index is -0.206. The molecule has 0 radical (unpaired) electrons. The van der Waals surface area contributed by atoms with Gasteiger partial charge >= 0.3 is 0 Å². The molecule has 2 aromatic rings. The van der Waals surface area contributed by atoms with E-state index in [2.05, 4.69) is 40.3 Å². The lowest BCUT2D eigenvalue weighted by Crippen LogP contribution is -2.18. The van der Waals surface area contributed by atoms with Crippen LogP contribution in [0.2, 0.25) is 0 Å². The van der Waals surface area contributed by atoms with E-state index in [0.717, 1.165) is 23.2 Å². The van der Waals surface area contributed by atoms with Crippen molar-refractivity contribution in [1.29, 1.82) is 0 Å². The molecule has 0 atom stereocenters. The summed E-state index contributed by atoms with van der Waals surface area (Å²) in [7, 11) is 0. The SMILES string of the molecule is CCNCc1ccc(N(CC)c2ccccc2F)c(Br)c1. The lowest BCUT2D eigenvalue weighted by molar-refractivity contribution is 0.625. The maximum absolute atomic E-state index is 14.0. The molecule has 0 spiro atoms. The van der Waals surface area contributed by atoms with Crippen molar-refractivity contribution in [2.75, 3.05) is 18.0 Å². The molecule has 0 aromatic heterocycles. The van der Waals surface area contributed by atoms with Gasteiger partial charge in [0.15, 0.2) is 0 Å². The molecule has 2 nitrogen and oxygen atoms in total. The van der Waals surface area contributed by atoms with E-state index in [0.29, 0.717) is 12.2 Å². The van der Waals surface area contributed by atoms with Crippen molar-refractivity contribution in [3.05, 3.63) is 58.3 Å². The van der Waals surface area contributed by atoms with Crippen LogP contribution >= 0.6 is 15.9 Å². The summed E-state index contributed by atoms with van der Waals surface area (Å²) in [5, 5.41) is 3.30. The summed E-state index contributed by atoms with van der Waals surface area (Å²) in [4.78, 5) is 1.97. The normalized spacial score (nSPS) is 10.7. The third kappa shape index (κ3) is 3.83. The molecule has 4 heteroatoms. The van der Waals surface area contributed by atoms with Crippen LogP contribution in [0.4, 0.5) is 15.8 Å². The second kappa shape index (κ2) is 7.57. The van der Waals surface area contributed by atoms with Crippen molar-refractivity contribution >= 4 is 27.3 Å². The largest absolute Gasteiger partial charge is 0.338 e. The first-order valence-electron chi connectivity index (χ1n) is 7.18. The Morgan fingerprint density at radius 1 is 1.10 bits per heavy atom. The molecule has 2 rings (SSSR count). The minimum absolute atomic E-state index is 0.206. The first-order chi connectivity index (χ1) is 10.2. The van der Waals surface area contributed by atoms with Gasteiger partial charge in [-0.3, -0.25) is 0 Å². The highest BCUT2D eigenvalue weighted by molar-refractivity contribution is 9.10. The smallest absolute Gasteiger partial charge is 0.146 e. The van der Waals surface area contributed by atoms with Crippen LogP contribution in [-0.4, -0.2) is 13.1 Å². The number of benzene rings is 2. The van der Waals surface area contributed by atoms with E-state index in [9.17, 15) is 4.39 Å². The Hall–Kier alpha value is -1.39. The van der Waals surface area contributed by atoms with E-state index in [1.807, 2.05) is 24.0 Å². The van der Waals surface area contributed by atoms with Crippen LogP contribution in [0.1, 0.15) is 19.4 Å². The molecule has 0 fully saturated rings. The third-order valence-corrected chi connectivity index (χ3v) is 3.98. The van der Waals surface area contributed by atoms with E-state index in [1.165, 1.54) is 11.6 Å². The van der Waals surface area contributed by atoms with Crippen molar-refractivity contribution in [2.45, 2.75) is 20.4 Å². The molecule has 0 heterocycles. The Morgan fingerprint density at radius 2 is 1.86 bits per heavy atom. The predicted molar refractivity (Wildman–Crippen MR) is 90.6 cm³/mol. The fourth-order valence-electron chi connectivity index (χ4n) is 2.29. The highest BCUT2D eigenvalue weighted by Crippen LogP contribution is 2.33. The Morgan fingerprint density at radius 3 is 2.48 bits per heavy atom. The fraction of sp³-hybridized carbons (Fsp3) is 0.294. The van der Waals surface area contributed by atoms with E-state index >= 15 is 0 Å². The average molecular weight is 351 g/mol. The van der Waals surface area contributed by atoms with Crippen molar-refractivity contribution in [3.63, 3.8) is 0 Å². The van der Waals surface area contributed by atoms with Gasteiger partial charge in [-0.05, 0) is 59.2 Å². The number of halogens is 2. The zero-order valence-corrected chi connectivity index (χ0v) is 14.0. The van der Waals surface area contributed by atoms with Gasteiger partial charge in [0, 0.05) is 17.6 Å². The van der Waals surface area contributed by atoms with E-state index in [1.54, 1.807) is 12.1 Å². The molecule has 2 aromatic carbocycles. The number of hydrogen-bond donors (Lipinski definition) is 1. The number of nitrogens with zero attached hydrogens (tertiary/aromatic N) is 1. The maximum Gasteiger partial charge on any atom is 0.146 e. The lowest BCUT2D eigenvalue weighted by Gasteiger charge is -2.25. The van der Waals surface area contributed by atoms with Crippen LogP contribution in [0.3, 0.4) is 0 Å². The summed E-state index contributed by atoms with van der Waals surface area (Å²) in [6.07, 6.45) is 0. The summed E-state index contributed by atoms with van der Waals surface area (Å²) in [5.41, 5.74) is 2.78. The molecule has 1 N–H and O–H groups in total. The number of hydrogen-bond acceptors (Lipinski definition) is 2. The second-order valence-corrected chi connectivity index (χ2v) is 5.62. The molecule has 0 saturated heterocycles. The van der Waals surface area contributed by atoms with Crippen molar-refractivity contribution in [1.82, 2.24) is 5.32 Å². The Kier molecular flexibility index (Phi) is 5.76. The van der Waals surface area contributed by atoms with Crippen LogP contribution in [0, 0.1) is 5.82 Å². The molecular formula is C17H20BrFN2. The first kappa shape index (κ1) is 16.0. The molecule has 0 unspecified atom stereocenters. The Bertz CT molecular complexity index is 601. The number of rotatable bonds is 6. The molecule has 21 heavy (non-hydrogen) atoms. The zero-order valence-electron chi connectivity index (χ0n) is 12.4. The Labute approximate surface area is 134 Å². The summed E-state index contributed by atoms with van der Waals surface area (Å²) >= 11 is 3.61. The average Bonchev–Trinajstić information content (AvgIpc) is 2.49. The summed E-state index contributed by atoms with van der Waals surface area (Å²) < 4.78 is 15.0. The molecular weight excluding hydrogens is 331 g/mol. The van der Waals surface area contributed by atoms with Gasteiger partial charge in [-0.25, -0.2) is 4.39 Å². The first-order valence-corrected chi connectivity index (χ1v) is 7.97. The summed E-state index contributed by atoms with van der Waals surface area (Å²) in [6, 6.07) is 13.1.